The summed E-state index contributed by atoms with van der Waals surface area (Å²) in [7, 11) is 0. The maximum Gasteiger partial charge on any atom is 0.416 e. The summed E-state index contributed by atoms with van der Waals surface area (Å²) in [5, 5.41) is 12.9. The molecule has 3 aromatic rings. The lowest BCUT2D eigenvalue weighted by atomic mass is 10.1. The van der Waals surface area contributed by atoms with Gasteiger partial charge in [-0.25, -0.2) is 9.59 Å². The number of carbonyl (C=O) groups excluding carboxylic acids is 1. The third-order valence-electron chi connectivity index (χ3n) is 6.28. The van der Waals surface area contributed by atoms with Gasteiger partial charge in [-0.2, -0.15) is 13.2 Å². The van der Waals surface area contributed by atoms with Crippen LogP contribution in [0.2, 0.25) is 10.0 Å². The van der Waals surface area contributed by atoms with Crippen LogP contribution in [-0.4, -0.2) is 61.0 Å². The van der Waals surface area contributed by atoms with Gasteiger partial charge < -0.3 is 29.5 Å². The summed E-state index contributed by atoms with van der Waals surface area (Å²) in [6, 6.07) is 15.6. The summed E-state index contributed by atoms with van der Waals surface area (Å²) in [6.07, 6.45) is -4.76. The van der Waals surface area contributed by atoms with E-state index in [0.29, 0.717) is 28.8 Å². The van der Waals surface area contributed by atoms with Crippen LogP contribution >= 0.6 is 23.2 Å². The van der Waals surface area contributed by atoms with Crippen molar-refractivity contribution in [1.82, 2.24) is 4.90 Å². The molecule has 0 aliphatic heterocycles. The van der Waals surface area contributed by atoms with Crippen LogP contribution < -0.4 is 10.1 Å². The Balaban J connectivity index is 1.56. The molecule has 1 atom stereocenters. The van der Waals surface area contributed by atoms with Gasteiger partial charge in [-0.05, 0) is 79.1 Å². The molecule has 0 bridgehead atoms. The van der Waals surface area contributed by atoms with E-state index >= 15 is 0 Å². The Morgan fingerprint density at radius 1 is 0.932 bits per heavy atom. The molecule has 3 rings (SSSR count). The number of carboxylic acid groups (broad SMARTS) is 1. The summed E-state index contributed by atoms with van der Waals surface area (Å²) in [6.45, 7) is 3.17. The molecule has 44 heavy (non-hydrogen) atoms. The van der Waals surface area contributed by atoms with Gasteiger partial charge >= 0.3 is 18.2 Å². The number of urea groups is 1. The Hall–Kier alpha value is -3.51. The predicted molar refractivity (Wildman–Crippen MR) is 161 cm³/mol. The number of nitrogens with one attached hydrogen (secondary N) is 1. The number of hydrogen-bond acceptors (Lipinski definition) is 5. The number of nitrogens with zero attached hydrogens (tertiary/aromatic N) is 1. The second kappa shape index (κ2) is 17.1. The van der Waals surface area contributed by atoms with E-state index in [-0.39, 0.29) is 45.0 Å². The first-order valence-corrected chi connectivity index (χ1v) is 14.5. The average molecular weight is 658 g/mol. The minimum absolute atomic E-state index is 0.123. The molecule has 2 amide bonds. The Kier molecular flexibility index (Phi) is 13.6. The number of hydrogen-bond donors (Lipinski definition) is 2. The Bertz CT molecular complexity index is 1340. The molecular weight excluding hydrogens is 624 g/mol. The lowest BCUT2D eigenvalue weighted by molar-refractivity contribution is -0.150. The zero-order chi connectivity index (χ0) is 32.1. The van der Waals surface area contributed by atoms with Crippen molar-refractivity contribution in [2.75, 3.05) is 38.2 Å². The van der Waals surface area contributed by atoms with E-state index < -0.39 is 29.8 Å². The zero-order valence-corrected chi connectivity index (χ0v) is 25.4. The lowest BCUT2D eigenvalue weighted by Crippen LogP contribution is -2.39. The first-order valence-electron chi connectivity index (χ1n) is 13.8. The predicted octanol–water partition coefficient (Wildman–Crippen LogP) is 7.56. The number of rotatable bonds is 16. The van der Waals surface area contributed by atoms with Crippen LogP contribution in [0.15, 0.2) is 66.7 Å². The maximum absolute atomic E-state index is 13.1. The molecular formula is C31H33Cl2F3N2O6. The average Bonchev–Trinajstić information content (AvgIpc) is 2.96. The number of ether oxygens (including phenoxy) is 3. The number of amides is 2. The van der Waals surface area contributed by atoms with Gasteiger partial charge in [0.1, 0.15) is 12.4 Å². The van der Waals surface area contributed by atoms with Crippen LogP contribution in [0.5, 0.6) is 5.75 Å². The Labute approximate surface area is 263 Å². The van der Waals surface area contributed by atoms with Crippen LogP contribution in [0.3, 0.4) is 0 Å². The van der Waals surface area contributed by atoms with Crippen molar-refractivity contribution < 1.29 is 42.1 Å². The second-order valence-electron chi connectivity index (χ2n) is 9.65. The fourth-order valence-electron chi connectivity index (χ4n) is 4.13. The summed E-state index contributed by atoms with van der Waals surface area (Å²) in [5.41, 5.74) is 0.956. The second-order valence-corrected chi connectivity index (χ2v) is 10.5. The molecule has 0 aliphatic carbocycles. The standard InChI is InChI=1S/C31H33Cl2F3N2O6/c1-2-43-28(29(39)40)18-21-4-10-27(11-5-21)44-15-13-38(12-3-14-42-20-22-16-24(32)19-25(33)17-22)30(41)37-26-8-6-23(7-9-26)31(34,35)36/h4-11,16-17,19,28H,2-3,12-15,18,20H2,1H3,(H,37,41)(H,39,40). The molecule has 0 radical (unpaired) electrons. The fraction of sp³-hybridized carbons (Fsp3) is 0.355. The van der Waals surface area contributed by atoms with Gasteiger partial charge in [0.2, 0.25) is 0 Å². The molecule has 0 saturated carbocycles. The van der Waals surface area contributed by atoms with Gasteiger partial charge in [-0.3, -0.25) is 0 Å². The summed E-state index contributed by atoms with van der Waals surface area (Å²) < 4.78 is 55.5. The van der Waals surface area contributed by atoms with Crippen LogP contribution in [0.4, 0.5) is 23.7 Å². The number of carbonyl (C=O) groups is 2. The van der Waals surface area contributed by atoms with Crippen molar-refractivity contribution in [3.05, 3.63) is 93.5 Å². The van der Waals surface area contributed by atoms with Crippen LogP contribution in [0.1, 0.15) is 30.0 Å². The monoisotopic (exact) mass is 656 g/mol. The minimum atomic E-state index is -4.48. The van der Waals surface area contributed by atoms with Crippen LogP contribution in [0, 0.1) is 0 Å². The fourth-order valence-corrected chi connectivity index (χ4v) is 4.70. The lowest BCUT2D eigenvalue weighted by Gasteiger charge is -2.23. The molecule has 3 aromatic carbocycles. The zero-order valence-electron chi connectivity index (χ0n) is 23.9. The molecule has 0 aromatic heterocycles. The largest absolute Gasteiger partial charge is 0.492 e. The van der Waals surface area contributed by atoms with E-state index in [1.54, 1.807) is 49.4 Å². The molecule has 8 nitrogen and oxygen atoms in total. The van der Waals surface area contributed by atoms with Crippen LogP contribution in [0.25, 0.3) is 0 Å². The first-order chi connectivity index (χ1) is 20.9. The van der Waals surface area contributed by atoms with Gasteiger partial charge in [0.25, 0.3) is 0 Å². The molecule has 1 unspecified atom stereocenters. The number of halogens is 5. The van der Waals surface area contributed by atoms with Crippen LogP contribution in [-0.2, 0) is 33.5 Å². The topological polar surface area (TPSA) is 97.3 Å². The quantitative estimate of drug-likeness (QED) is 0.154. The van der Waals surface area contributed by atoms with E-state index in [0.717, 1.165) is 23.3 Å². The molecule has 13 heteroatoms. The summed E-state index contributed by atoms with van der Waals surface area (Å²) in [4.78, 5) is 25.9. The molecule has 0 saturated heterocycles. The van der Waals surface area contributed by atoms with Crippen molar-refractivity contribution in [3.63, 3.8) is 0 Å². The van der Waals surface area contributed by atoms with E-state index in [4.69, 9.17) is 37.4 Å². The summed E-state index contributed by atoms with van der Waals surface area (Å²) >= 11 is 12.0. The third kappa shape index (κ3) is 11.9. The highest BCUT2D eigenvalue weighted by Crippen LogP contribution is 2.30. The number of aliphatic carboxylic acids is 1. The summed E-state index contributed by atoms with van der Waals surface area (Å²) in [5.74, 6) is -0.523. The molecule has 238 valence electrons. The van der Waals surface area contributed by atoms with Crippen molar-refractivity contribution in [1.29, 1.82) is 0 Å². The van der Waals surface area contributed by atoms with Gasteiger partial charge in [0.05, 0.1) is 18.7 Å². The molecule has 0 aliphatic rings. The minimum Gasteiger partial charge on any atom is -0.492 e. The number of benzene rings is 3. The van der Waals surface area contributed by atoms with Crippen molar-refractivity contribution in [2.24, 2.45) is 0 Å². The highest BCUT2D eigenvalue weighted by atomic mass is 35.5. The highest BCUT2D eigenvalue weighted by molar-refractivity contribution is 6.34. The van der Waals surface area contributed by atoms with Crippen molar-refractivity contribution >= 4 is 40.9 Å². The smallest absolute Gasteiger partial charge is 0.416 e. The highest BCUT2D eigenvalue weighted by Gasteiger charge is 2.30. The maximum atomic E-state index is 13.1. The van der Waals surface area contributed by atoms with E-state index in [9.17, 15) is 27.9 Å². The first kappa shape index (κ1) is 35.0. The van der Waals surface area contributed by atoms with Gasteiger partial charge in [-0.15, -0.1) is 0 Å². The Morgan fingerprint density at radius 2 is 1.59 bits per heavy atom. The van der Waals surface area contributed by atoms with Crippen molar-refractivity contribution in [3.8, 4) is 5.75 Å². The van der Waals surface area contributed by atoms with Gasteiger partial charge in [0, 0.05) is 41.9 Å². The number of carboxylic acids is 1. The normalized spacial score (nSPS) is 12.0. The molecule has 2 N–H and O–H groups in total. The third-order valence-corrected chi connectivity index (χ3v) is 6.71. The van der Waals surface area contributed by atoms with E-state index in [2.05, 4.69) is 5.32 Å². The Morgan fingerprint density at radius 3 is 2.18 bits per heavy atom. The SMILES string of the molecule is CCOC(Cc1ccc(OCCN(CCCOCc2cc(Cl)cc(Cl)c2)C(=O)Nc2ccc(C(F)(F)F)cc2)cc1)C(=O)O. The van der Waals surface area contributed by atoms with E-state index in [1.807, 2.05) is 0 Å². The van der Waals surface area contributed by atoms with Crippen molar-refractivity contribution in [2.45, 2.75) is 38.7 Å². The molecule has 0 fully saturated rings. The number of alkyl halides is 3. The van der Waals surface area contributed by atoms with Gasteiger partial charge in [0.15, 0.2) is 6.10 Å². The van der Waals surface area contributed by atoms with Gasteiger partial charge in [-0.1, -0.05) is 35.3 Å². The molecule has 0 heterocycles. The number of anilines is 1. The molecule has 0 spiro atoms. The van der Waals surface area contributed by atoms with E-state index in [1.165, 1.54) is 17.0 Å².